The second-order valence-electron chi connectivity index (χ2n) is 6.85. The zero-order valence-electron chi connectivity index (χ0n) is 16.2. The van der Waals surface area contributed by atoms with Crippen LogP contribution in [0.25, 0.3) is 0 Å². The summed E-state index contributed by atoms with van der Waals surface area (Å²) in [6.45, 7) is 2.51. The summed E-state index contributed by atoms with van der Waals surface area (Å²) in [7, 11) is -2.37. The summed E-state index contributed by atoms with van der Waals surface area (Å²) in [5.74, 6) is -0.200. The van der Waals surface area contributed by atoms with Crippen molar-refractivity contribution in [2.75, 3.05) is 46.3 Å². The molecule has 1 atom stereocenters. The molecular weight excluding hydrogens is 441 g/mol. The minimum absolute atomic E-state index is 0. The lowest BCUT2D eigenvalue weighted by atomic mass is 10.0. The Labute approximate surface area is 183 Å². The first-order valence-corrected chi connectivity index (χ1v) is 10.5. The van der Waals surface area contributed by atoms with Gasteiger partial charge in [-0.2, -0.15) is 4.31 Å². The molecule has 1 aromatic rings. The van der Waals surface area contributed by atoms with Gasteiger partial charge in [0.1, 0.15) is 4.90 Å². The lowest BCUT2D eigenvalue weighted by Crippen LogP contribution is -2.58. The monoisotopic (exact) mass is 467 g/mol. The Bertz CT molecular complexity index is 796. The molecule has 0 bridgehead atoms. The third-order valence-corrected chi connectivity index (χ3v) is 6.80. The first-order chi connectivity index (χ1) is 12.9. The smallest absolute Gasteiger partial charge is 0.244 e. The van der Waals surface area contributed by atoms with E-state index in [1.54, 1.807) is 11.0 Å². The highest BCUT2D eigenvalue weighted by atomic mass is 35.5. The average Bonchev–Trinajstić information content (AvgIpc) is 2.69. The number of halogens is 2. The van der Waals surface area contributed by atoms with E-state index in [2.05, 4.69) is 10.3 Å². The number of hydrogen-bond donors (Lipinski definition) is 1. The molecule has 2 amide bonds. The van der Waals surface area contributed by atoms with Crippen LogP contribution in [-0.2, 0) is 19.6 Å². The Kier molecular flexibility index (Phi) is 9.77. The molecule has 12 heteroatoms. The SMILES string of the molecule is CN(CC(=O)N1CCCC(N2CCNCC2=O)C1)S(=O)(=O)c1cccnc1.Cl.Cl. The summed E-state index contributed by atoms with van der Waals surface area (Å²) in [4.78, 5) is 32.2. The fraction of sp³-hybridized carbons (Fsp3) is 0.588. The maximum atomic E-state index is 12.7. The number of sulfonamides is 1. The van der Waals surface area contributed by atoms with Crippen LogP contribution < -0.4 is 5.32 Å². The van der Waals surface area contributed by atoms with Gasteiger partial charge in [-0.05, 0) is 25.0 Å². The topological polar surface area (TPSA) is 103 Å². The standard InChI is InChI=1S/C17H25N5O4S.2ClH/c1-20(27(25,26)15-5-2-6-18-10-15)13-17(24)21-8-3-4-14(12-21)22-9-7-19-11-16(22)23;;/h2,5-6,10,14,19H,3-4,7-9,11-13H2,1H3;2*1H. The number of nitrogens with zero attached hydrogens (tertiary/aromatic N) is 4. The fourth-order valence-corrected chi connectivity index (χ4v) is 4.58. The van der Waals surface area contributed by atoms with E-state index in [-0.39, 0.29) is 54.1 Å². The van der Waals surface area contributed by atoms with Gasteiger partial charge in [0.15, 0.2) is 0 Å². The van der Waals surface area contributed by atoms with E-state index in [0.29, 0.717) is 26.2 Å². The van der Waals surface area contributed by atoms with E-state index in [9.17, 15) is 18.0 Å². The van der Waals surface area contributed by atoms with Gasteiger partial charge in [0, 0.05) is 51.7 Å². The van der Waals surface area contributed by atoms with Crippen molar-refractivity contribution in [3.8, 4) is 0 Å². The third kappa shape index (κ3) is 6.02. The van der Waals surface area contributed by atoms with Crippen LogP contribution in [0.1, 0.15) is 12.8 Å². The molecule has 0 aromatic carbocycles. The summed E-state index contributed by atoms with van der Waals surface area (Å²) in [6.07, 6.45) is 4.42. The highest BCUT2D eigenvalue weighted by Crippen LogP contribution is 2.18. The zero-order chi connectivity index (χ0) is 19.4. The van der Waals surface area contributed by atoms with Crippen LogP contribution in [0, 0.1) is 0 Å². The fourth-order valence-electron chi connectivity index (χ4n) is 3.50. The van der Waals surface area contributed by atoms with Gasteiger partial charge in [0.25, 0.3) is 0 Å². The van der Waals surface area contributed by atoms with Crippen LogP contribution in [0.2, 0.25) is 0 Å². The number of likely N-dealkylation sites (N-methyl/N-ethyl adjacent to an activating group) is 1. The maximum Gasteiger partial charge on any atom is 0.244 e. The van der Waals surface area contributed by atoms with Gasteiger partial charge in [-0.25, -0.2) is 8.42 Å². The maximum absolute atomic E-state index is 12.7. The van der Waals surface area contributed by atoms with E-state index in [0.717, 1.165) is 23.7 Å². The Balaban J connectivity index is 0.00000210. The lowest BCUT2D eigenvalue weighted by Gasteiger charge is -2.41. The van der Waals surface area contributed by atoms with E-state index >= 15 is 0 Å². The molecule has 0 radical (unpaired) electrons. The summed E-state index contributed by atoms with van der Waals surface area (Å²) in [5, 5.41) is 3.05. The number of piperazine rings is 1. The van der Waals surface area contributed by atoms with Crippen molar-refractivity contribution in [1.29, 1.82) is 0 Å². The lowest BCUT2D eigenvalue weighted by molar-refractivity contribution is -0.140. The molecule has 0 spiro atoms. The van der Waals surface area contributed by atoms with Gasteiger partial charge in [-0.3, -0.25) is 14.6 Å². The summed E-state index contributed by atoms with van der Waals surface area (Å²) >= 11 is 0. The molecule has 9 nitrogen and oxygen atoms in total. The molecule has 29 heavy (non-hydrogen) atoms. The Morgan fingerprint density at radius 3 is 2.76 bits per heavy atom. The number of carbonyl (C=O) groups excluding carboxylic acids is 2. The Morgan fingerprint density at radius 1 is 1.34 bits per heavy atom. The molecule has 3 heterocycles. The first-order valence-electron chi connectivity index (χ1n) is 9.04. The van der Waals surface area contributed by atoms with Crippen molar-refractivity contribution in [1.82, 2.24) is 24.4 Å². The van der Waals surface area contributed by atoms with Crippen molar-refractivity contribution in [2.24, 2.45) is 0 Å². The number of pyridine rings is 1. The predicted molar refractivity (Wildman–Crippen MR) is 113 cm³/mol. The Hall–Kier alpha value is -1.46. The quantitative estimate of drug-likeness (QED) is 0.651. The second-order valence-corrected chi connectivity index (χ2v) is 8.89. The average molecular weight is 468 g/mol. The number of hydrogen-bond acceptors (Lipinski definition) is 6. The van der Waals surface area contributed by atoms with Crippen molar-refractivity contribution < 1.29 is 18.0 Å². The van der Waals surface area contributed by atoms with Crippen molar-refractivity contribution in [2.45, 2.75) is 23.8 Å². The second kappa shape index (κ2) is 11.1. The van der Waals surface area contributed by atoms with Gasteiger partial charge < -0.3 is 15.1 Å². The summed E-state index contributed by atoms with van der Waals surface area (Å²) < 4.78 is 26.2. The third-order valence-electron chi connectivity index (χ3n) is 5.02. The molecule has 2 aliphatic heterocycles. The molecule has 1 unspecified atom stereocenters. The van der Waals surface area contributed by atoms with Gasteiger partial charge in [0.2, 0.25) is 21.8 Å². The van der Waals surface area contributed by atoms with Crippen LogP contribution >= 0.6 is 24.8 Å². The van der Waals surface area contributed by atoms with Crippen LogP contribution in [0.4, 0.5) is 0 Å². The first kappa shape index (κ1) is 25.6. The molecular formula is C17H27Cl2N5O4S. The zero-order valence-corrected chi connectivity index (χ0v) is 18.6. The minimum atomic E-state index is -3.76. The molecule has 164 valence electrons. The molecule has 0 aliphatic carbocycles. The van der Waals surface area contributed by atoms with Gasteiger partial charge >= 0.3 is 0 Å². The number of nitrogens with one attached hydrogen (secondary N) is 1. The van der Waals surface area contributed by atoms with E-state index in [4.69, 9.17) is 0 Å². The van der Waals surface area contributed by atoms with Crippen LogP contribution in [0.3, 0.4) is 0 Å². The number of aromatic nitrogens is 1. The predicted octanol–water partition coefficient (Wildman–Crippen LogP) is -0.0315. The summed E-state index contributed by atoms with van der Waals surface area (Å²) in [5.41, 5.74) is 0. The van der Waals surface area contributed by atoms with Gasteiger partial charge in [-0.1, -0.05) is 0 Å². The van der Waals surface area contributed by atoms with Crippen LogP contribution in [0.15, 0.2) is 29.4 Å². The van der Waals surface area contributed by atoms with Crippen molar-refractivity contribution >= 4 is 46.7 Å². The van der Waals surface area contributed by atoms with Crippen molar-refractivity contribution in [3.63, 3.8) is 0 Å². The number of amides is 2. The molecule has 2 aliphatic rings. The van der Waals surface area contributed by atoms with Crippen LogP contribution in [0.5, 0.6) is 0 Å². The molecule has 2 saturated heterocycles. The molecule has 2 fully saturated rings. The van der Waals surface area contributed by atoms with Gasteiger partial charge in [-0.15, -0.1) is 24.8 Å². The molecule has 3 rings (SSSR count). The van der Waals surface area contributed by atoms with E-state index in [1.165, 1.54) is 25.5 Å². The molecule has 1 N–H and O–H groups in total. The molecule has 1 aromatic heterocycles. The largest absolute Gasteiger partial charge is 0.339 e. The number of piperidine rings is 1. The number of carbonyl (C=O) groups is 2. The number of likely N-dealkylation sites (tertiary alicyclic amines) is 1. The number of rotatable bonds is 5. The minimum Gasteiger partial charge on any atom is -0.339 e. The molecule has 0 saturated carbocycles. The highest BCUT2D eigenvalue weighted by molar-refractivity contribution is 7.89. The van der Waals surface area contributed by atoms with Gasteiger partial charge in [0.05, 0.1) is 13.1 Å². The summed E-state index contributed by atoms with van der Waals surface area (Å²) in [6, 6.07) is 3.00. The highest BCUT2D eigenvalue weighted by Gasteiger charge is 2.33. The van der Waals surface area contributed by atoms with E-state index in [1.807, 2.05) is 4.90 Å². The van der Waals surface area contributed by atoms with E-state index < -0.39 is 10.0 Å². The Morgan fingerprint density at radius 2 is 2.10 bits per heavy atom. The van der Waals surface area contributed by atoms with Crippen LogP contribution in [-0.4, -0.2) is 91.7 Å². The normalized spacial score (nSPS) is 20.1. The van der Waals surface area contributed by atoms with Crippen molar-refractivity contribution in [3.05, 3.63) is 24.5 Å².